The first-order chi connectivity index (χ1) is 11.0. The Kier molecular flexibility index (Phi) is 4.40. The molecule has 8 heteroatoms. The Balaban J connectivity index is 1.74. The van der Waals surface area contributed by atoms with Crippen molar-refractivity contribution < 1.29 is 9.32 Å². The molecule has 0 aliphatic heterocycles. The van der Waals surface area contributed by atoms with Crippen LogP contribution in [-0.2, 0) is 0 Å². The predicted molar refractivity (Wildman–Crippen MR) is 88.9 cm³/mol. The fourth-order valence-corrected chi connectivity index (χ4v) is 2.68. The van der Waals surface area contributed by atoms with Crippen LogP contribution in [0.1, 0.15) is 35.3 Å². The van der Waals surface area contributed by atoms with Crippen molar-refractivity contribution >= 4 is 34.0 Å². The summed E-state index contributed by atoms with van der Waals surface area (Å²) in [5, 5.41) is 16.4. The van der Waals surface area contributed by atoms with Crippen LogP contribution in [0.4, 0.5) is 5.13 Å². The average Bonchev–Trinajstić information content (AvgIpc) is 3.17. The molecule has 6 nitrogen and oxygen atoms in total. The number of hydrogen-bond acceptors (Lipinski definition) is 6. The molecule has 0 spiro atoms. The molecule has 1 amide bonds. The molecule has 1 aromatic carbocycles. The van der Waals surface area contributed by atoms with Crippen LogP contribution in [0.15, 0.2) is 34.9 Å². The van der Waals surface area contributed by atoms with Crippen LogP contribution in [0.2, 0.25) is 5.02 Å². The molecule has 3 aromatic rings. The summed E-state index contributed by atoms with van der Waals surface area (Å²) in [6.45, 7) is 4.03. The number of nitrogens with zero attached hydrogens (tertiary/aromatic N) is 3. The highest BCUT2D eigenvalue weighted by Gasteiger charge is 2.16. The van der Waals surface area contributed by atoms with E-state index in [1.165, 1.54) is 11.3 Å². The molecule has 0 atom stereocenters. The lowest BCUT2D eigenvalue weighted by Crippen LogP contribution is -2.11. The Hall–Kier alpha value is -2.25. The van der Waals surface area contributed by atoms with E-state index in [0.29, 0.717) is 15.9 Å². The molecule has 0 unspecified atom stereocenters. The van der Waals surface area contributed by atoms with E-state index in [4.69, 9.17) is 16.1 Å². The Morgan fingerprint density at radius 2 is 2.00 bits per heavy atom. The third kappa shape index (κ3) is 3.57. The molecule has 3 rings (SSSR count). The van der Waals surface area contributed by atoms with Crippen LogP contribution >= 0.6 is 22.9 Å². The zero-order chi connectivity index (χ0) is 16.4. The van der Waals surface area contributed by atoms with Crippen molar-refractivity contribution in [1.29, 1.82) is 0 Å². The zero-order valence-corrected chi connectivity index (χ0v) is 14.0. The molecule has 0 fully saturated rings. The van der Waals surface area contributed by atoms with Crippen LogP contribution < -0.4 is 5.32 Å². The highest BCUT2D eigenvalue weighted by atomic mass is 35.5. The largest absolute Gasteiger partial charge is 0.355 e. The van der Waals surface area contributed by atoms with Gasteiger partial charge in [-0.05, 0) is 24.3 Å². The number of benzene rings is 1. The lowest BCUT2D eigenvalue weighted by atomic mass is 10.1. The summed E-state index contributed by atoms with van der Waals surface area (Å²) < 4.78 is 5.21. The number of carbonyl (C=O) groups excluding carboxylic acids is 1. The number of hydrogen-bond donors (Lipinski definition) is 1. The average molecular weight is 349 g/mol. The topological polar surface area (TPSA) is 80.9 Å². The molecule has 0 radical (unpaired) electrons. The van der Waals surface area contributed by atoms with Crippen molar-refractivity contribution in [2.75, 3.05) is 5.32 Å². The van der Waals surface area contributed by atoms with E-state index in [2.05, 4.69) is 20.7 Å². The van der Waals surface area contributed by atoms with Crippen LogP contribution in [0.3, 0.4) is 0 Å². The second-order valence-corrected chi connectivity index (χ2v) is 6.58. The van der Waals surface area contributed by atoms with Crippen molar-refractivity contribution in [3.63, 3.8) is 0 Å². The first-order valence-electron chi connectivity index (χ1n) is 6.90. The van der Waals surface area contributed by atoms with E-state index < -0.39 is 0 Å². The lowest BCUT2D eigenvalue weighted by Gasteiger charge is -1.96. The van der Waals surface area contributed by atoms with Crippen molar-refractivity contribution in [2.24, 2.45) is 0 Å². The van der Waals surface area contributed by atoms with Crippen molar-refractivity contribution in [2.45, 2.75) is 19.8 Å². The molecule has 1 N–H and O–H groups in total. The minimum absolute atomic E-state index is 0.177. The van der Waals surface area contributed by atoms with E-state index in [1.54, 1.807) is 30.3 Å². The quantitative estimate of drug-likeness (QED) is 0.763. The summed E-state index contributed by atoms with van der Waals surface area (Å²) in [6.07, 6.45) is 0. The van der Waals surface area contributed by atoms with Crippen LogP contribution in [0.25, 0.3) is 11.3 Å². The number of halogens is 1. The number of anilines is 1. The third-order valence-corrected chi connectivity index (χ3v) is 4.42. The minimum Gasteiger partial charge on any atom is -0.355 e. The molecule has 2 aromatic heterocycles. The fraction of sp³-hybridized carbons (Fsp3) is 0.200. The minimum atomic E-state index is -0.389. The first kappa shape index (κ1) is 15.6. The highest BCUT2D eigenvalue weighted by molar-refractivity contribution is 7.15. The van der Waals surface area contributed by atoms with Crippen LogP contribution in [-0.4, -0.2) is 21.3 Å². The molecule has 0 aliphatic rings. The predicted octanol–water partition coefficient (Wildman–Crippen LogP) is 4.22. The maximum atomic E-state index is 12.2. The summed E-state index contributed by atoms with van der Waals surface area (Å²) in [5.41, 5.74) is 0.968. The molecule has 118 valence electrons. The maximum Gasteiger partial charge on any atom is 0.279 e. The van der Waals surface area contributed by atoms with Crippen LogP contribution in [0, 0.1) is 0 Å². The Morgan fingerprint density at radius 1 is 1.26 bits per heavy atom. The van der Waals surface area contributed by atoms with Crippen molar-refractivity contribution in [3.8, 4) is 11.3 Å². The highest BCUT2D eigenvalue weighted by Crippen LogP contribution is 2.24. The van der Waals surface area contributed by atoms with Gasteiger partial charge >= 0.3 is 0 Å². The summed E-state index contributed by atoms with van der Waals surface area (Å²) >= 11 is 7.19. The van der Waals surface area contributed by atoms with Gasteiger partial charge in [0, 0.05) is 22.6 Å². The SMILES string of the molecule is CC(C)c1nnc(NC(=O)c2cc(-c3ccc(Cl)cc3)on2)s1. The van der Waals surface area contributed by atoms with Crippen LogP contribution in [0.5, 0.6) is 0 Å². The lowest BCUT2D eigenvalue weighted by molar-refractivity contribution is 0.101. The zero-order valence-electron chi connectivity index (χ0n) is 12.4. The molecule has 0 saturated carbocycles. The van der Waals surface area contributed by atoms with Gasteiger partial charge in [0.25, 0.3) is 5.91 Å². The number of nitrogens with one attached hydrogen (secondary N) is 1. The molecule has 0 saturated heterocycles. The van der Waals surface area contributed by atoms with Crippen molar-refractivity contribution in [3.05, 3.63) is 46.1 Å². The Labute approximate surface area is 141 Å². The summed E-state index contributed by atoms with van der Waals surface area (Å²) in [5.74, 6) is 0.370. The molecular weight excluding hydrogens is 336 g/mol. The maximum absolute atomic E-state index is 12.2. The smallest absolute Gasteiger partial charge is 0.279 e. The molecule has 0 bridgehead atoms. The number of aromatic nitrogens is 3. The van der Waals surface area contributed by atoms with Gasteiger partial charge in [-0.25, -0.2) is 0 Å². The second-order valence-electron chi connectivity index (χ2n) is 5.14. The van der Waals surface area contributed by atoms with Gasteiger partial charge in [-0.3, -0.25) is 10.1 Å². The fourth-order valence-electron chi connectivity index (χ4n) is 1.81. The molecule has 2 heterocycles. The summed E-state index contributed by atoms with van der Waals surface area (Å²) in [4.78, 5) is 12.2. The van der Waals surface area contributed by atoms with Gasteiger partial charge in [0.05, 0.1) is 0 Å². The number of amides is 1. The first-order valence-corrected chi connectivity index (χ1v) is 8.10. The normalized spacial score (nSPS) is 11.0. The number of rotatable bonds is 4. The van der Waals surface area contributed by atoms with E-state index >= 15 is 0 Å². The second kappa shape index (κ2) is 6.47. The summed E-state index contributed by atoms with van der Waals surface area (Å²) in [6, 6.07) is 8.65. The molecule has 23 heavy (non-hydrogen) atoms. The molecule has 0 aliphatic carbocycles. The van der Waals surface area contributed by atoms with E-state index in [1.807, 2.05) is 13.8 Å². The standard InChI is InChI=1S/C15H13ClN4O2S/c1-8(2)14-18-19-15(23-14)17-13(21)11-7-12(22-20-11)9-3-5-10(16)6-4-9/h3-8H,1-2H3,(H,17,19,21). The van der Waals surface area contributed by atoms with E-state index in [-0.39, 0.29) is 17.5 Å². The van der Waals surface area contributed by atoms with Gasteiger partial charge < -0.3 is 4.52 Å². The van der Waals surface area contributed by atoms with Gasteiger partial charge in [-0.1, -0.05) is 41.9 Å². The van der Waals surface area contributed by atoms with Gasteiger partial charge in [0.15, 0.2) is 11.5 Å². The summed E-state index contributed by atoms with van der Waals surface area (Å²) in [7, 11) is 0. The Bertz CT molecular complexity index is 826. The molecular formula is C15H13ClN4O2S. The van der Waals surface area contributed by atoms with E-state index in [9.17, 15) is 4.79 Å². The van der Waals surface area contributed by atoms with Gasteiger partial charge in [0.2, 0.25) is 5.13 Å². The number of carbonyl (C=O) groups is 1. The van der Waals surface area contributed by atoms with Crippen molar-refractivity contribution in [1.82, 2.24) is 15.4 Å². The van der Waals surface area contributed by atoms with Gasteiger partial charge in [-0.15, -0.1) is 10.2 Å². The van der Waals surface area contributed by atoms with Gasteiger partial charge in [0.1, 0.15) is 5.01 Å². The third-order valence-electron chi connectivity index (χ3n) is 3.03. The van der Waals surface area contributed by atoms with Gasteiger partial charge in [-0.2, -0.15) is 0 Å². The Morgan fingerprint density at radius 3 is 2.65 bits per heavy atom. The van der Waals surface area contributed by atoms with E-state index in [0.717, 1.165) is 10.6 Å². The monoisotopic (exact) mass is 348 g/mol.